The first-order valence-corrected chi connectivity index (χ1v) is 6.93. The maximum Gasteiger partial charge on any atom is 0.325 e. The molecule has 1 aliphatic rings. The zero-order chi connectivity index (χ0) is 17.1. The molecular weight excluding hydrogens is 328 g/mol. The second kappa shape index (κ2) is 6.48. The molecule has 0 bridgehead atoms. The number of nitro benzene ring substituents is 1. The standard InChI is InChI=1S/C13H10N2O7S/c1-22-10(16)6-14-12(18)9(23-13(14)19)5-7-3-2-4-8(11(7)17)15(20)21/h2-5,17H,6H2,1H3/p-1/b9-5+. The van der Waals surface area contributed by atoms with Crippen LogP contribution in [0.2, 0.25) is 0 Å². The number of rotatable bonds is 4. The third-order valence-corrected chi connectivity index (χ3v) is 3.80. The number of esters is 1. The molecule has 0 radical (unpaired) electrons. The second-order valence-electron chi connectivity index (χ2n) is 4.30. The van der Waals surface area contributed by atoms with Crippen molar-refractivity contribution in [2.24, 2.45) is 0 Å². The fraction of sp³-hybridized carbons (Fsp3) is 0.154. The van der Waals surface area contributed by atoms with Gasteiger partial charge in [0.05, 0.1) is 16.9 Å². The zero-order valence-electron chi connectivity index (χ0n) is 11.7. The van der Waals surface area contributed by atoms with Gasteiger partial charge in [-0.05, 0) is 29.2 Å². The Kier molecular flexibility index (Phi) is 4.65. The number of thioether (sulfide) groups is 1. The first-order chi connectivity index (χ1) is 10.8. The van der Waals surface area contributed by atoms with E-state index in [-0.39, 0.29) is 10.5 Å². The Bertz CT molecular complexity index is 744. The lowest BCUT2D eigenvalue weighted by Crippen LogP contribution is -2.34. The molecule has 2 amide bonds. The van der Waals surface area contributed by atoms with Gasteiger partial charge in [-0.25, -0.2) is 0 Å². The van der Waals surface area contributed by atoms with Gasteiger partial charge in [0.25, 0.3) is 16.8 Å². The normalized spacial score (nSPS) is 16.0. The summed E-state index contributed by atoms with van der Waals surface area (Å²) < 4.78 is 4.38. The average molecular weight is 337 g/mol. The van der Waals surface area contributed by atoms with E-state index >= 15 is 0 Å². The van der Waals surface area contributed by atoms with Gasteiger partial charge < -0.3 is 9.84 Å². The molecule has 1 saturated heterocycles. The molecule has 0 aromatic heterocycles. The van der Waals surface area contributed by atoms with Crippen LogP contribution < -0.4 is 5.11 Å². The molecule has 0 atom stereocenters. The first kappa shape index (κ1) is 16.5. The van der Waals surface area contributed by atoms with Crippen molar-refractivity contribution in [3.8, 4) is 5.75 Å². The monoisotopic (exact) mass is 337 g/mol. The van der Waals surface area contributed by atoms with Gasteiger partial charge in [-0.1, -0.05) is 12.1 Å². The minimum atomic E-state index is -0.864. The topological polar surface area (TPSA) is 130 Å². The number of nitrogens with zero attached hydrogens (tertiary/aromatic N) is 2. The van der Waals surface area contributed by atoms with Gasteiger partial charge in [0.15, 0.2) is 0 Å². The minimum Gasteiger partial charge on any atom is -0.867 e. The van der Waals surface area contributed by atoms with Gasteiger partial charge >= 0.3 is 5.97 Å². The lowest BCUT2D eigenvalue weighted by atomic mass is 10.1. The molecule has 0 saturated carbocycles. The van der Waals surface area contributed by atoms with Crippen molar-refractivity contribution in [2.75, 3.05) is 13.7 Å². The Morgan fingerprint density at radius 2 is 2.13 bits per heavy atom. The third-order valence-electron chi connectivity index (χ3n) is 2.90. The maximum absolute atomic E-state index is 12.1. The molecular formula is C13H9N2O7S-. The predicted molar refractivity (Wildman–Crippen MR) is 77.2 cm³/mol. The Morgan fingerprint density at radius 3 is 2.74 bits per heavy atom. The number of carbonyl (C=O) groups excluding carboxylic acids is 3. The number of nitro groups is 1. The van der Waals surface area contributed by atoms with E-state index in [4.69, 9.17) is 0 Å². The maximum atomic E-state index is 12.1. The highest BCUT2D eigenvalue weighted by atomic mass is 32.2. The van der Waals surface area contributed by atoms with E-state index in [1.165, 1.54) is 12.1 Å². The highest BCUT2D eigenvalue weighted by Gasteiger charge is 2.36. The number of amides is 2. The van der Waals surface area contributed by atoms with Crippen LogP contribution >= 0.6 is 11.8 Å². The Balaban J connectivity index is 2.33. The lowest BCUT2D eigenvalue weighted by molar-refractivity contribution is -0.398. The minimum absolute atomic E-state index is 0.0947. The van der Waals surface area contributed by atoms with Gasteiger partial charge in [0.1, 0.15) is 6.54 Å². The number of carbonyl (C=O) groups is 3. The van der Waals surface area contributed by atoms with Crippen molar-refractivity contribution in [3.63, 3.8) is 0 Å². The van der Waals surface area contributed by atoms with E-state index in [1.54, 1.807) is 0 Å². The van der Waals surface area contributed by atoms with Crippen LogP contribution in [0.3, 0.4) is 0 Å². The fourth-order valence-corrected chi connectivity index (χ4v) is 2.60. The van der Waals surface area contributed by atoms with Crippen LogP contribution in [0.25, 0.3) is 6.08 Å². The molecule has 1 aliphatic heterocycles. The summed E-state index contributed by atoms with van der Waals surface area (Å²) in [5.41, 5.74) is -0.727. The van der Waals surface area contributed by atoms with Crippen LogP contribution in [-0.4, -0.2) is 40.6 Å². The lowest BCUT2D eigenvalue weighted by Gasteiger charge is -2.11. The van der Waals surface area contributed by atoms with E-state index in [2.05, 4.69) is 4.74 Å². The summed E-state index contributed by atoms with van der Waals surface area (Å²) in [7, 11) is 1.12. The molecule has 0 unspecified atom stereocenters. The first-order valence-electron chi connectivity index (χ1n) is 6.11. The third kappa shape index (κ3) is 3.31. The number of benzene rings is 1. The van der Waals surface area contributed by atoms with Crippen LogP contribution in [0, 0.1) is 10.1 Å². The number of ether oxygens (including phenoxy) is 1. The SMILES string of the molecule is COC(=O)CN1C(=O)S/C(=C/c2cccc([N+](=O)[O-])c2[O-])C1=O. The van der Waals surface area contributed by atoms with E-state index in [9.17, 15) is 29.6 Å². The van der Waals surface area contributed by atoms with Gasteiger partial charge in [-0.15, -0.1) is 0 Å². The Hall–Kier alpha value is -2.88. The van der Waals surface area contributed by atoms with Crippen LogP contribution in [0.1, 0.15) is 5.56 Å². The van der Waals surface area contributed by atoms with Gasteiger partial charge in [0, 0.05) is 6.07 Å². The van der Waals surface area contributed by atoms with E-state index in [0.717, 1.165) is 19.3 Å². The van der Waals surface area contributed by atoms with Crippen LogP contribution in [0.4, 0.5) is 10.5 Å². The van der Waals surface area contributed by atoms with E-state index in [1.807, 2.05) is 0 Å². The van der Waals surface area contributed by atoms with Gasteiger partial charge in [-0.2, -0.15) is 0 Å². The molecule has 1 aromatic rings. The summed E-state index contributed by atoms with van der Waals surface area (Å²) in [6.07, 6.45) is 1.09. The number of hydrogen-bond donors (Lipinski definition) is 0. The van der Waals surface area contributed by atoms with Crippen molar-refractivity contribution in [3.05, 3.63) is 38.8 Å². The predicted octanol–water partition coefficient (Wildman–Crippen LogP) is 0.878. The summed E-state index contributed by atoms with van der Waals surface area (Å²) in [5, 5.41) is 22.0. The number of hydrogen-bond acceptors (Lipinski definition) is 8. The largest absolute Gasteiger partial charge is 0.867 e. The summed E-state index contributed by atoms with van der Waals surface area (Å²) in [6, 6.07) is 3.64. The molecule has 0 spiro atoms. The van der Waals surface area contributed by atoms with Crippen LogP contribution in [0.15, 0.2) is 23.1 Å². The molecule has 1 fully saturated rings. The van der Waals surface area contributed by atoms with Crippen molar-refractivity contribution in [1.29, 1.82) is 0 Å². The molecule has 1 aromatic carbocycles. The molecule has 9 nitrogen and oxygen atoms in total. The Morgan fingerprint density at radius 1 is 1.43 bits per heavy atom. The molecule has 1 heterocycles. The molecule has 120 valence electrons. The highest BCUT2D eigenvalue weighted by molar-refractivity contribution is 8.18. The summed E-state index contributed by atoms with van der Waals surface area (Å²) in [5.74, 6) is -2.40. The molecule has 23 heavy (non-hydrogen) atoms. The fourth-order valence-electron chi connectivity index (χ4n) is 1.77. The number of para-hydroxylation sites is 1. The smallest absolute Gasteiger partial charge is 0.325 e. The van der Waals surface area contributed by atoms with Crippen molar-refractivity contribution >= 4 is 40.6 Å². The summed E-state index contributed by atoms with van der Waals surface area (Å²) >= 11 is 0.534. The molecule has 10 heteroatoms. The summed E-state index contributed by atoms with van der Waals surface area (Å²) in [4.78, 5) is 45.5. The van der Waals surface area contributed by atoms with Crippen molar-refractivity contribution in [1.82, 2.24) is 4.90 Å². The second-order valence-corrected chi connectivity index (χ2v) is 5.29. The molecule has 0 N–H and O–H groups in total. The van der Waals surface area contributed by atoms with Crippen LogP contribution in [-0.2, 0) is 14.3 Å². The van der Waals surface area contributed by atoms with Crippen LogP contribution in [0.5, 0.6) is 5.75 Å². The van der Waals surface area contributed by atoms with Gasteiger partial charge in [0.2, 0.25) is 0 Å². The Labute approximate surface area is 133 Å². The van der Waals surface area contributed by atoms with Gasteiger partial charge in [-0.3, -0.25) is 29.4 Å². The zero-order valence-corrected chi connectivity index (χ0v) is 12.5. The quantitative estimate of drug-likeness (QED) is 0.342. The van der Waals surface area contributed by atoms with E-state index < -0.39 is 40.0 Å². The highest BCUT2D eigenvalue weighted by Crippen LogP contribution is 2.35. The molecule has 2 rings (SSSR count). The molecule has 0 aliphatic carbocycles. The number of methoxy groups -OCH3 is 1. The van der Waals surface area contributed by atoms with Crippen molar-refractivity contribution in [2.45, 2.75) is 0 Å². The number of imide groups is 1. The summed E-state index contributed by atoms with van der Waals surface area (Å²) in [6.45, 7) is -0.544. The van der Waals surface area contributed by atoms with E-state index in [0.29, 0.717) is 16.7 Å². The van der Waals surface area contributed by atoms with Crippen molar-refractivity contribution < 1.29 is 29.2 Å². The average Bonchev–Trinajstić information content (AvgIpc) is 2.76.